The van der Waals surface area contributed by atoms with E-state index in [0.29, 0.717) is 29.5 Å². The van der Waals surface area contributed by atoms with Crippen molar-refractivity contribution >= 4 is 16.1 Å². The number of rotatable bonds is 3. The average molecular weight is 500 g/mol. The summed E-state index contributed by atoms with van der Waals surface area (Å²) in [5.41, 5.74) is 3.03. The van der Waals surface area contributed by atoms with Gasteiger partial charge in [0.15, 0.2) is 17.6 Å². The summed E-state index contributed by atoms with van der Waals surface area (Å²) in [6.45, 7) is 1.01. The summed E-state index contributed by atoms with van der Waals surface area (Å²) in [6, 6.07) is 13.8. The van der Waals surface area contributed by atoms with Crippen LogP contribution in [0.4, 0.5) is 0 Å². The normalized spacial score (nSPS) is 28.0. The molecule has 2 aliphatic carbocycles. The minimum absolute atomic E-state index is 0.157. The third-order valence-electron chi connectivity index (χ3n) is 7.65. The van der Waals surface area contributed by atoms with Gasteiger partial charge in [0.05, 0.1) is 18.9 Å². The largest absolute Gasteiger partial charge is 0.493 e. The zero-order valence-electron chi connectivity index (χ0n) is 19.9. The Bertz CT molecular complexity index is 1280. The SMILES string of the molecule is COc1ccc2c3c1O[C@H]1C(OC(=O)c4ccccc4)=CC[C@H]4[C@@H](C2)N(C)CC[C@]314.CS(=O)(=O)O. The van der Waals surface area contributed by atoms with E-state index < -0.39 is 10.1 Å². The van der Waals surface area contributed by atoms with Gasteiger partial charge in [-0.25, -0.2) is 4.79 Å². The van der Waals surface area contributed by atoms with Gasteiger partial charge < -0.3 is 19.1 Å². The topological polar surface area (TPSA) is 102 Å². The van der Waals surface area contributed by atoms with Gasteiger partial charge >= 0.3 is 5.97 Å². The second-order valence-electron chi connectivity index (χ2n) is 9.61. The monoisotopic (exact) mass is 499 g/mol. The van der Waals surface area contributed by atoms with Crippen molar-refractivity contribution in [1.29, 1.82) is 0 Å². The first-order valence-corrected chi connectivity index (χ1v) is 13.4. The number of likely N-dealkylation sites (tertiary alicyclic amines) is 1. The van der Waals surface area contributed by atoms with Gasteiger partial charge in [-0.15, -0.1) is 0 Å². The number of piperidine rings is 1. The summed E-state index contributed by atoms with van der Waals surface area (Å²) < 4.78 is 44.1. The Balaban J connectivity index is 0.000000464. The van der Waals surface area contributed by atoms with Gasteiger partial charge in [-0.3, -0.25) is 4.55 Å². The van der Waals surface area contributed by atoms with Crippen molar-refractivity contribution in [3.63, 3.8) is 0 Å². The first-order chi connectivity index (χ1) is 16.6. The quantitative estimate of drug-likeness (QED) is 0.507. The number of benzene rings is 2. The molecule has 186 valence electrons. The molecule has 4 atom stereocenters. The van der Waals surface area contributed by atoms with Crippen molar-refractivity contribution in [3.05, 3.63) is 71.0 Å². The Hall–Kier alpha value is -2.88. The molecule has 6 rings (SSSR count). The fraction of sp³-hybridized carbons (Fsp3) is 0.423. The van der Waals surface area contributed by atoms with Crippen LogP contribution in [0.15, 0.2) is 54.3 Å². The highest BCUT2D eigenvalue weighted by Gasteiger charge is 2.64. The number of esters is 1. The van der Waals surface area contributed by atoms with Gasteiger partial charge in [0.1, 0.15) is 5.76 Å². The lowest BCUT2D eigenvalue weighted by Crippen LogP contribution is -2.63. The van der Waals surface area contributed by atoms with E-state index in [4.69, 9.17) is 18.8 Å². The molecule has 0 aromatic heterocycles. The molecule has 0 amide bonds. The molecule has 0 radical (unpaired) electrons. The number of ether oxygens (including phenoxy) is 3. The second-order valence-corrected chi connectivity index (χ2v) is 11.1. The number of likely N-dealkylation sites (N-methyl/N-ethyl adjacent to an activating group) is 1. The van der Waals surface area contributed by atoms with Crippen LogP contribution in [0.1, 0.15) is 34.3 Å². The molecule has 35 heavy (non-hydrogen) atoms. The minimum Gasteiger partial charge on any atom is -0.493 e. The van der Waals surface area contributed by atoms with E-state index >= 15 is 0 Å². The van der Waals surface area contributed by atoms with Crippen molar-refractivity contribution in [3.8, 4) is 11.5 Å². The van der Waals surface area contributed by atoms with Crippen LogP contribution >= 0.6 is 0 Å². The summed E-state index contributed by atoms with van der Waals surface area (Å²) >= 11 is 0. The summed E-state index contributed by atoms with van der Waals surface area (Å²) in [4.78, 5) is 15.3. The maximum atomic E-state index is 12.8. The maximum Gasteiger partial charge on any atom is 0.343 e. The van der Waals surface area contributed by atoms with Gasteiger partial charge in [-0.1, -0.05) is 24.3 Å². The fourth-order valence-corrected chi connectivity index (χ4v) is 6.30. The maximum absolute atomic E-state index is 12.8. The summed E-state index contributed by atoms with van der Waals surface area (Å²) in [5.74, 6) is 2.37. The highest BCUT2D eigenvalue weighted by molar-refractivity contribution is 7.85. The molecular weight excluding hydrogens is 470 g/mol. The predicted molar refractivity (Wildman–Crippen MR) is 129 cm³/mol. The number of nitrogens with zero attached hydrogens (tertiary/aromatic N) is 1. The molecule has 2 aliphatic heterocycles. The number of carbonyl (C=O) groups is 1. The molecule has 0 saturated carbocycles. The average Bonchev–Trinajstić information content (AvgIpc) is 3.17. The zero-order chi connectivity index (χ0) is 25.0. The standard InChI is InChI=1S/C25H25NO4.CH4O3S/c1-26-13-12-25-17-9-11-20(29-24(27)15-6-4-3-5-7-15)23(25)30-22-19(28-2)10-8-16(21(22)25)14-18(17)26;1-5(2,3)4/h3-8,10-11,17-18,23H,9,12-14H2,1-2H3;1H3,(H,2,3,4)/t17-,18+,23-,25-;/m0./s1. The molecule has 1 spiro atoms. The highest BCUT2D eigenvalue weighted by Crippen LogP contribution is 2.63. The van der Waals surface area contributed by atoms with Gasteiger partial charge in [0, 0.05) is 17.0 Å². The smallest absolute Gasteiger partial charge is 0.343 e. The van der Waals surface area contributed by atoms with Crippen LogP contribution in [0.2, 0.25) is 0 Å². The Labute approximate surface area is 205 Å². The van der Waals surface area contributed by atoms with Gasteiger partial charge in [0.2, 0.25) is 0 Å². The number of hydrogen-bond donors (Lipinski definition) is 1. The van der Waals surface area contributed by atoms with Gasteiger partial charge in [-0.05, 0) is 68.6 Å². The van der Waals surface area contributed by atoms with Gasteiger partial charge in [0.25, 0.3) is 10.1 Å². The Morgan fingerprint density at radius 1 is 1.20 bits per heavy atom. The van der Waals surface area contributed by atoms with E-state index in [9.17, 15) is 13.2 Å². The lowest BCUT2D eigenvalue weighted by atomic mass is 9.53. The Morgan fingerprint density at radius 2 is 1.91 bits per heavy atom. The van der Waals surface area contributed by atoms with Crippen LogP contribution in [0.5, 0.6) is 11.5 Å². The van der Waals surface area contributed by atoms with Crippen molar-refractivity contribution < 1.29 is 32.0 Å². The lowest BCUT2D eigenvalue weighted by molar-refractivity contribution is -0.0272. The molecule has 2 bridgehead atoms. The molecule has 1 fully saturated rings. The molecule has 9 heteroatoms. The fourth-order valence-electron chi connectivity index (χ4n) is 6.30. The summed E-state index contributed by atoms with van der Waals surface area (Å²) in [5, 5.41) is 0. The van der Waals surface area contributed by atoms with Crippen LogP contribution in [0, 0.1) is 5.92 Å². The molecule has 0 unspecified atom stereocenters. The molecule has 1 saturated heterocycles. The summed E-state index contributed by atoms with van der Waals surface area (Å²) in [7, 11) is 0.248. The third-order valence-corrected chi connectivity index (χ3v) is 7.65. The van der Waals surface area contributed by atoms with Crippen molar-refractivity contribution in [2.45, 2.75) is 36.8 Å². The number of hydrogen-bond acceptors (Lipinski definition) is 7. The van der Waals surface area contributed by atoms with Crippen LogP contribution in [-0.2, 0) is 26.7 Å². The number of methoxy groups -OCH3 is 1. The summed E-state index contributed by atoms with van der Waals surface area (Å²) in [6.07, 6.45) is 5.42. The highest BCUT2D eigenvalue weighted by atomic mass is 32.2. The zero-order valence-corrected chi connectivity index (χ0v) is 20.7. The van der Waals surface area contributed by atoms with Crippen LogP contribution in [-0.4, -0.2) is 62.9 Å². The lowest BCUT2D eigenvalue weighted by Gasteiger charge is -2.56. The third kappa shape index (κ3) is 4.01. The number of carbonyl (C=O) groups excluding carboxylic acids is 1. The second kappa shape index (κ2) is 8.65. The predicted octanol–water partition coefficient (Wildman–Crippen LogP) is 3.22. The molecule has 2 aromatic carbocycles. The van der Waals surface area contributed by atoms with E-state index in [1.807, 2.05) is 24.3 Å². The minimum atomic E-state index is -3.67. The molecule has 1 N–H and O–H groups in total. The van der Waals surface area contributed by atoms with Gasteiger partial charge in [-0.2, -0.15) is 8.42 Å². The molecule has 8 nitrogen and oxygen atoms in total. The molecule has 2 heterocycles. The van der Waals surface area contributed by atoms with E-state index in [0.717, 1.165) is 37.3 Å². The Morgan fingerprint density at radius 3 is 2.60 bits per heavy atom. The first-order valence-electron chi connectivity index (χ1n) is 11.6. The van der Waals surface area contributed by atoms with Crippen molar-refractivity contribution in [1.82, 2.24) is 4.90 Å². The van der Waals surface area contributed by atoms with Crippen LogP contribution < -0.4 is 9.47 Å². The molecule has 2 aromatic rings. The first kappa shape index (κ1) is 23.8. The van der Waals surface area contributed by atoms with E-state index in [-0.39, 0.29) is 17.5 Å². The van der Waals surface area contributed by atoms with Crippen LogP contribution in [0.25, 0.3) is 0 Å². The van der Waals surface area contributed by atoms with Crippen molar-refractivity contribution in [2.75, 3.05) is 27.0 Å². The molecule has 4 aliphatic rings. The van der Waals surface area contributed by atoms with E-state index in [2.05, 4.69) is 24.1 Å². The van der Waals surface area contributed by atoms with E-state index in [1.165, 1.54) is 11.1 Å². The Kier molecular flexibility index (Phi) is 5.89. The van der Waals surface area contributed by atoms with Crippen molar-refractivity contribution in [2.24, 2.45) is 5.92 Å². The van der Waals surface area contributed by atoms with E-state index in [1.54, 1.807) is 19.2 Å². The number of allylic oxidation sites excluding steroid dienone is 1. The molecular formula is C26H29NO7S. The van der Waals surface area contributed by atoms with Crippen LogP contribution in [0.3, 0.4) is 0 Å².